The van der Waals surface area contributed by atoms with Crippen LogP contribution >= 0.6 is 0 Å². The van der Waals surface area contributed by atoms with Crippen LogP contribution in [0.25, 0.3) is 0 Å². The zero-order valence-corrected chi connectivity index (χ0v) is 88.8. The molecule has 0 aliphatic rings. The second-order valence-electron chi connectivity index (χ2n) is 0. The zero-order chi connectivity index (χ0) is 0. The van der Waals surface area contributed by atoms with Gasteiger partial charge in [0.05, 0.1) is 0 Å². The first-order valence-electron chi connectivity index (χ1n) is 0. The molecule has 0 rings (SSSR count). The molecule has 0 amide bonds. The van der Waals surface area contributed by atoms with Crippen LogP contribution in [0.5, 0.6) is 0 Å². The van der Waals surface area contributed by atoms with E-state index in [1.165, 1.54) is 0 Å². The van der Waals surface area contributed by atoms with E-state index in [2.05, 4.69) is 0 Å². The van der Waals surface area contributed by atoms with Crippen molar-refractivity contribution < 1.29 is 850 Å². The van der Waals surface area contributed by atoms with Gasteiger partial charge in [-0.25, -0.2) is 0 Å². The summed E-state index contributed by atoms with van der Waals surface area (Å²) >= 11 is 0. The van der Waals surface area contributed by atoms with E-state index < -0.39 is 0 Å². The summed E-state index contributed by atoms with van der Waals surface area (Å²) in [4.78, 5) is 0. The molecule has 0 aliphatic carbocycles. The monoisotopic (exact) mass is 2700 g/mol. The van der Waals surface area contributed by atoms with Crippen LogP contribution < -0.4 is 0 Å². The van der Waals surface area contributed by atoms with Crippen molar-refractivity contribution in [1.29, 1.82) is 0 Å². The number of rotatable bonds is 0. The van der Waals surface area contributed by atoms with Crippen LogP contribution in [0.2, 0.25) is 0 Å². The van der Waals surface area contributed by atoms with Crippen molar-refractivity contribution in [2.24, 2.45) is 0 Å². The minimum Gasteiger partial charge on any atom is -0.0776 e. The summed E-state index contributed by atoms with van der Waals surface area (Å²) in [5, 5.41) is 0. The fraction of sp³-hybridized carbons (Fsp3) is 1.00. The van der Waals surface area contributed by atoms with E-state index in [9.17, 15) is 0 Å². The average molecular weight is 2700 g/mol. The molecule has 0 atom stereocenters. The standard InChI is InChI=1S/24CH4.26Y/h24*1H4;;;;;;;;;;;;;;;;;;;;;;;;;;. The maximum absolute atomic E-state index is 0. The molecule has 0 bridgehead atoms. The fourth-order valence-electron chi connectivity index (χ4n) is 0. The maximum atomic E-state index is 0. The predicted octanol–water partition coefficient (Wildman–Crippen LogP) is 15.2. The minimum absolute atomic E-state index is 0. The van der Waals surface area contributed by atoms with Crippen molar-refractivity contribution in [3.05, 3.63) is 0 Å². The maximum Gasteiger partial charge on any atom is 0 e. The van der Waals surface area contributed by atoms with Gasteiger partial charge in [-0.3, -0.25) is 0 Å². The van der Waals surface area contributed by atoms with Crippen molar-refractivity contribution in [2.75, 3.05) is 0 Å². The molecule has 0 aromatic rings. The van der Waals surface area contributed by atoms with Gasteiger partial charge in [-0.05, 0) is 0 Å². The summed E-state index contributed by atoms with van der Waals surface area (Å²) in [5.74, 6) is 0. The van der Waals surface area contributed by atoms with Crippen molar-refractivity contribution in [1.82, 2.24) is 0 Å². The Labute approximate surface area is 994 Å². The Balaban J connectivity index is 0. The summed E-state index contributed by atoms with van der Waals surface area (Å²) in [6.07, 6.45) is 0. The van der Waals surface area contributed by atoms with Gasteiger partial charge in [0.25, 0.3) is 0 Å². The molecule has 0 fully saturated rings. The van der Waals surface area contributed by atoms with E-state index >= 15 is 0 Å². The number of hydrogen-bond acceptors (Lipinski definition) is 0. The molecule has 50 heavy (non-hydrogen) atoms. The third kappa shape index (κ3) is 534. The molecule has 0 aliphatic heterocycles. The largest absolute Gasteiger partial charge is 0.0776 e. The van der Waals surface area contributed by atoms with Crippen molar-refractivity contribution in [2.45, 2.75) is 178 Å². The molecule has 0 saturated carbocycles. The van der Waals surface area contributed by atoms with E-state index in [0.717, 1.165) is 0 Å². The summed E-state index contributed by atoms with van der Waals surface area (Å²) < 4.78 is 0. The SMILES string of the molecule is C.C.C.C.C.C.C.C.C.C.C.C.C.C.C.C.C.C.C.C.C.C.C.C.[Y].[Y].[Y].[Y].[Y].[Y].[Y].[Y].[Y].[Y].[Y].[Y].[Y].[Y].[Y].[Y].[Y].[Y].[Y].[Y].[Y].[Y].[Y].[Y].[Y].[Y]. The topological polar surface area (TPSA) is 0 Å². The Hall–Kier alpha value is 28.7. The zero-order valence-electron chi connectivity index (χ0n) is 15.0. The van der Waals surface area contributed by atoms with Gasteiger partial charge < -0.3 is 0 Å². The van der Waals surface area contributed by atoms with Crippen molar-refractivity contribution in [3.63, 3.8) is 0 Å². The van der Waals surface area contributed by atoms with E-state index in [1.54, 1.807) is 0 Å². The van der Waals surface area contributed by atoms with E-state index in [-0.39, 0.29) is 1030 Å². The van der Waals surface area contributed by atoms with Gasteiger partial charge in [0.2, 0.25) is 0 Å². The van der Waals surface area contributed by atoms with Gasteiger partial charge in [0.15, 0.2) is 0 Å². The molecule has 0 nitrogen and oxygen atoms in total. The summed E-state index contributed by atoms with van der Waals surface area (Å²) in [5.41, 5.74) is 0. The van der Waals surface area contributed by atoms with Crippen LogP contribution in [-0.4, -0.2) is 0 Å². The minimum atomic E-state index is 0. The van der Waals surface area contributed by atoms with Crippen LogP contribution in [0, 0.1) is 0 Å². The molecule has 0 unspecified atom stereocenters. The first kappa shape index (κ1) is 577. The molecule has 26 radical (unpaired) electrons. The van der Waals surface area contributed by atoms with Crippen LogP contribution in [0.3, 0.4) is 0 Å². The molecule has 0 heterocycles. The van der Waals surface area contributed by atoms with Crippen LogP contribution in [0.4, 0.5) is 0 Å². The Morgan fingerprint density at radius 3 is 0.0400 bits per heavy atom. The third-order valence-corrected chi connectivity index (χ3v) is 0. The third-order valence-electron chi connectivity index (χ3n) is 0. The molecule has 270 valence electrons. The summed E-state index contributed by atoms with van der Waals surface area (Å²) in [7, 11) is 0. The fourth-order valence-corrected chi connectivity index (χ4v) is 0. The quantitative estimate of drug-likeness (QED) is 0.227. The van der Waals surface area contributed by atoms with Gasteiger partial charge >= 0.3 is 0 Å². The van der Waals surface area contributed by atoms with E-state index in [4.69, 9.17) is 0 Å². The molecule has 0 N–H and O–H groups in total. The molecule has 0 spiro atoms. The molecule has 0 aromatic heterocycles. The molecule has 26 heteroatoms. The average Bonchev–Trinajstić information content (AvgIpc) is 0. The van der Waals surface area contributed by atoms with Gasteiger partial charge in [-0.1, -0.05) is 178 Å². The van der Waals surface area contributed by atoms with Gasteiger partial charge in [-0.2, -0.15) is 0 Å². The molecule has 0 saturated heterocycles. The van der Waals surface area contributed by atoms with Crippen LogP contribution in [0.15, 0.2) is 0 Å². The Kier molecular flexibility index (Phi) is 6400. The summed E-state index contributed by atoms with van der Waals surface area (Å²) in [6, 6.07) is 0. The van der Waals surface area contributed by atoms with Gasteiger partial charge in [0.1, 0.15) is 0 Å². The summed E-state index contributed by atoms with van der Waals surface area (Å²) in [6.45, 7) is 0. The molecule has 0 aromatic carbocycles. The smallest absolute Gasteiger partial charge is 0 e. The Morgan fingerprint density at radius 2 is 0.0400 bits per heavy atom. The molecular weight excluding hydrogens is 2600 g/mol. The van der Waals surface area contributed by atoms with Crippen molar-refractivity contribution >= 4 is 0 Å². The van der Waals surface area contributed by atoms with Crippen molar-refractivity contribution in [3.8, 4) is 0 Å². The first-order valence-corrected chi connectivity index (χ1v) is 0. The normalized spacial score (nSPS) is 0. The predicted molar refractivity (Wildman–Crippen MR) is 162 cm³/mol. The Morgan fingerprint density at radius 1 is 0.0400 bits per heavy atom. The second-order valence-corrected chi connectivity index (χ2v) is 0. The van der Waals surface area contributed by atoms with Crippen LogP contribution in [-0.2, 0) is 850 Å². The number of hydrogen-bond donors (Lipinski definition) is 0. The van der Waals surface area contributed by atoms with Crippen LogP contribution in [0.1, 0.15) is 178 Å². The van der Waals surface area contributed by atoms with E-state index in [0.29, 0.717) is 0 Å². The van der Waals surface area contributed by atoms with E-state index in [1.807, 2.05) is 0 Å². The van der Waals surface area contributed by atoms with Gasteiger partial charge in [0, 0.05) is 850 Å². The first-order chi connectivity index (χ1) is 0. The Bertz CT molecular complexity index is 49.9. The second kappa shape index (κ2) is 555. The molecular formula is C24H96Y26. The van der Waals surface area contributed by atoms with Gasteiger partial charge in [-0.15, -0.1) is 0 Å².